The molecule has 4 heterocycles. The van der Waals surface area contributed by atoms with Crippen molar-refractivity contribution in [1.82, 2.24) is 29.7 Å². The highest BCUT2D eigenvalue weighted by atomic mass is 19.1. The predicted octanol–water partition coefficient (Wildman–Crippen LogP) is 6.18. The summed E-state index contributed by atoms with van der Waals surface area (Å²) in [5.74, 6) is -0.766. The van der Waals surface area contributed by atoms with Gasteiger partial charge in [-0.15, -0.1) is 0 Å². The van der Waals surface area contributed by atoms with Gasteiger partial charge in [0.1, 0.15) is 28.7 Å². The molecule has 1 saturated carbocycles. The zero-order chi connectivity index (χ0) is 25.7. The summed E-state index contributed by atoms with van der Waals surface area (Å²) < 4.78 is 37.1. The maximum atomic E-state index is 15.0. The largest absolute Gasteiger partial charge is 0.370 e. The molecule has 9 heteroatoms. The summed E-state index contributed by atoms with van der Waals surface area (Å²) in [6, 6.07) is 4.03. The van der Waals surface area contributed by atoms with Crippen LogP contribution in [0.2, 0.25) is 0 Å². The van der Waals surface area contributed by atoms with Crippen LogP contribution in [0, 0.1) is 18.6 Å². The quantitative estimate of drug-likeness (QED) is 0.312. The Balaban J connectivity index is 1.44. The van der Waals surface area contributed by atoms with Gasteiger partial charge in [-0.2, -0.15) is 5.10 Å². The SMILES string of the molecule is CCCc1nc2c(-c3ccc(F)cc3F)nc(C3C[C@@H](C)O[C@@H](c4cnn(C5CC5)c4)C3)nc2nc1C. The molecule has 3 atom stereocenters. The van der Waals surface area contributed by atoms with Crippen molar-refractivity contribution in [2.45, 2.75) is 83.5 Å². The molecule has 1 aliphatic heterocycles. The molecule has 1 saturated heterocycles. The lowest BCUT2D eigenvalue weighted by atomic mass is 9.89. The van der Waals surface area contributed by atoms with Crippen LogP contribution in [0.25, 0.3) is 22.4 Å². The third kappa shape index (κ3) is 4.72. The van der Waals surface area contributed by atoms with E-state index in [9.17, 15) is 4.39 Å². The van der Waals surface area contributed by atoms with Crippen LogP contribution in [-0.4, -0.2) is 35.8 Å². The maximum absolute atomic E-state index is 15.0. The standard InChI is InChI=1S/C28H30F2N6O/c1-4-5-23-16(3)32-28-26(33-23)25(21-9-6-19(29)12-22(21)30)34-27(35-28)17-10-15(2)37-24(11-17)18-13-31-36(14-18)20-7-8-20/h6,9,12-15,17,20,24H,4-5,7-8,10-11H2,1-3H3/t15-,17?,24-/m1/s1. The van der Waals surface area contributed by atoms with Gasteiger partial charge in [0.05, 0.1) is 35.8 Å². The van der Waals surface area contributed by atoms with E-state index in [4.69, 9.17) is 24.7 Å². The number of benzene rings is 1. The van der Waals surface area contributed by atoms with E-state index in [-0.39, 0.29) is 23.7 Å². The van der Waals surface area contributed by atoms with Gasteiger partial charge >= 0.3 is 0 Å². The van der Waals surface area contributed by atoms with Crippen molar-refractivity contribution in [3.8, 4) is 11.3 Å². The zero-order valence-electron chi connectivity index (χ0n) is 21.3. The minimum absolute atomic E-state index is 0.0157. The van der Waals surface area contributed by atoms with E-state index in [1.807, 2.05) is 24.7 Å². The highest BCUT2D eigenvalue weighted by molar-refractivity contribution is 5.87. The molecular weight excluding hydrogens is 474 g/mol. The van der Waals surface area contributed by atoms with E-state index in [1.165, 1.54) is 25.0 Å². The van der Waals surface area contributed by atoms with E-state index in [0.29, 0.717) is 35.1 Å². The maximum Gasteiger partial charge on any atom is 0.182 e. The summed E-state index contributed by atoms with van der Waals surface area (Å²) in [4.78, 5) is 19.3. The number of nitrogens with zero attached hydrogens (tertiary/aromatic N) is 6. The lowest BCUT2D eigenvalue weighted by molar-refractivity contribution is -0.0511. The average molecular weight is 505 g/mol. The number of hydrogen-bond donors (Lipinski definition) is 0. The molecule has 1 aliphatic carbocycles. The summed E-state index contributed by atoms with van der Waals surface area (Å²) in [6.07, 6.45) is 9.21. The fourth-order valence-electron chi connectivity index (χ4n) is 5.24. The molecule has 37 heavy (non-hydrogen) atoms. The molecule has 192 valence electrons. The molecule has 0 N–H and O–H groups in total. The van der Waals surface area contributed by atoms with Gasteiger partial charge in [0.2, 0.25) is 0 Å². The Morgan fingerprint density at radius 1 is 1.08 bits per heavy atom. The number of halogens is 2. The first-order valence-corrected chi connectivity index (χ1v) is 13.1. The van der Waals surface area contributed by atoms with Gasteiger partial charge in [0.15, 0.2) is 5.65 Å². The zero-order valence-corrected chi connectivity index (χ0v) is 21.3. The monoisotopic (exact) mass is 504 g/mol. The Labute approximate surface area is 214 Å². The van der Waals surface area contributed by atoms with Crippen molar-refractivity contribution >= 4 is 11.2 Å². The molecular formula is C28H30F2N6O. The summed E-state index contributed by atoms with van der Waals surface area (Å²) in [6.45, 7) is 6.04. The summed E-state index contributed by atoms with van der Waals surface area (Å²) in [5, 5.41) is 4.54. The van der Waals surface area contributed by atoms with Gasteiger partial charge in [-0.3, -0.25) is 4.68 Å². The lowest BCUT2D eigenvalue weighted by Gasteiger charge is -2.33. The molecule has 7 nitrogen and oxygen atoms in total. The third-order valence-corrected chi connectivity index (χ3v) is 7.28. The highest BCUT2D eigenvalue weighted by Gasteiger charge is 2.34. The smallest absolute Gasteiger partial charge is 0.182 e. The van der Waals surface area contributed by atoms with Crippen LogP contribution in [0.5, 0.6) is 0 Å². The molecule has 3 aromatic heterocycles. The molecule has 1 aromatic carbocycles. The van der Waals surface area contributed by atoms with Gasteiger partial charge < -0.3 is 4.74 Å². The Morgan fingerprint density at radius 2 is 1.92 bits per heavy atom. The van der Waals surface area contributed by atoms with Crippen LogP contribution in [0.4, 0.5) is 8.78 Å². The van der Waals surface area contributed by atoms with Gasteiger partial charge in [0.25, 0.3) is 0 Å². The summed E-state index contributed by atoms with van der Waals surface area (Å²) in [7, 11) is 0. The fraction of sp³-hybridized carbons (Fsp3) is 0.464. The Morgan fingerprint density at radius 3 is 2.68 bits per heavy atom. The number of aromatic nitrogens is 6. The van der Waals surface area contributed by atoms with Gasteiger partial charge in [-0.25, -0.2) is 28.7 Å². The first-order chi connectivity index (χ1) is 17.9. The number of rotatable bonds is 6. The minimum Gasteiger partial charge on any atom is -0.370 e. The fourth-order valence-corrected chi connectivity index (χ4v) is 5.24. The second-order valence-corrected chi connectivity index (χ2v) is 10.3. The number of aryl methyl sites for hydroxylation is 2. The van der Waals surface area contributed by atoms with E-state index in [0.717, 1.165) is 42.3 Å². The second-order valence-electron chi connectivity index (χ2n) is 10.3. The summed E-state index contributed by atoms with van der Waals surface area (Å²) >= 11 is 0. The van der Waals surface area contributed by atoms with Crippen molar-refractivity contribution < 1.29 is 13.5 Å². The molecule has 4 aromatic rings. The Kier molecular flexibility index (Phi) is 6.18. The van der Waals surface area contributed by atoms with Gasteiger partial charge in [-0.05, 0) is 58.1 Å². The van der Waals surface area contributed by atoms with Crippen LogP contribution < -0.4 is 0 Å². The van der Waals surface area contributed by atoms with E-state index >= 15 is 4.39 Å². The number of ether oxygens (including phenoxy) is 1. The van der Waals surface area contributed by atoms with E-state index in [2.05, 4.69) is 18.2 Å². The van der Waals surface area contributed by atoms with Crippen molar-refractivity contribution in [1.29, 1.82) is 0 Å². The van der Waals surface area contributed by atoms with E-state index < -0.39 is 11.6 Å². The minimum atomic E-state index is -0.684. The third-order valence-electron chi connectivity index (χ3n) is 7.28. The average Bonchev–Trinajstić information content (AvgIpc) is 3.60. The predicted molar refractivity (Wildman–Crippen MR) is 135 cm³/mol. The van der Waals surface area contributed by atoms with Crippen LogP contribution in [0.1, 0.15) is 86.8 Å². The second kappa shape index (κ2) is 9.52. The van der Waals surface area contributed by atoms with E-state index in [1.54, 1.807) is 0 Å². The number of fused-ring (bicyclic) bond motifs is 1. The lowest BCUT2D eigenvalue weighted by Crippen LogP contribution is -2.26. The molecule has 6 rings (SSSR count). The molecule has 2 aliphatic rings. The topological polar surface area (TPSA) is 78.6 Å². The molecule has 0 amide bonds. The van der Waals surface area contributed by atoms with Crippen LogP contribution in [0.15, 0.2) is 30.6 Å². The van der Waals surface area contributed by atoms with Crippen molar-refractivity contribution in [3.05, 3.63) is 65.0 Å². The van der Waals surface area contributed by atoms with Crippen LogP contribution >= 0.6 is 0 Å². The molecule has 0 radical (unpaired) electrons. The number of hydrogen-bond acceptors (Lipinski definition) is 6. The van der Waals surface area contributed by atoms with Crippen LogP contribution in [-0.2, 0) is 11.2 Å². The first-order valence-electron chi connectivity index (χ1n) is 13.1. The molecule has 0 spiro atoms. The van der Waals surface area contributed by atoms with Gasteiger partial charge in [0, 0.05) is 29.3 Å². The molecule has 2 fully saturated rings. The molecule has 1 unspecified atom stereocenters. The van der Waals surface area contributed by atoms with Crippen molar-refractivity contribution in [3.63, 3.8) is 0 Å². The van der Waals surface area contributed by atoms with Crippen molar-refractivity contribution in [2.75, 3.05) is 0 Å². The summed E-state index contributed by atoms with van der Waals surface area (Å²) in [5.41, 5.74) is 4.09. The van der Waals surface area contributed by atoms with Crippen molar-refractivity contribution in [2.24, 2.45) is 0 Å². The Bertz CT molecular complexity index is 1470. The highest BCUT2D eigenvalue weighted by Crippen LogP contribution is 2.41. The van der Waals surface area contributed by atoms with Gasteiger partial charge in [-0.1, -0.05) is 13.3 Å². The Hall–Kier alpha value is -3.33. The molecule has 0 bridgehead atoms. The van der Waals surface area contributed by atoms with Crippen LogP contribution in [0.3, 0.4) is 0 Å². The first kappa shape index (κ1) is 24.0. The normalized spacial score (nSPS) is 22.0.